The molecule has 128 valence electrons. The molecule has 0 aliphatic heterocycles. The van der Waals surface area contributed by atoms with E-state index in [0.29, 0.717) is 5.75 Å². The number of hydrogen-bond donors (Lipinski definition) is 1. The van der Waals surface area contributed by atoms with E-state index in [4.69, 9.17) is 14.6 Å². The maximum Gasteiger partial charge on any atom is 0.341 e. The quantitative estimate of drug-likeness (QED) is 0.629. The first-order valence-corrected chi connectivity index (χ1v) is 8.20. The Morgan fingerprint density at radius 1 is 1.04 bits per heavy atom. The minimum absolute atomic E-state index is 0.0477. The SMILES string of the molecule is NS(=O)(=O)c1ccc(F)c(C(=O)OCCOc2ccc(F)cc2)c1. The number of halogens is 2. The molecule has 0 saturated carbocycles. The van der Waals surface area contributed by atoms with Gasteiger partial charge in [0.1, 0.15) is 30.6 Å². The number of carbonyl (C=O) groups excluding carboxylic acids is 1. The van der Waals surface area contributed by atoms with Gasteiger partial charge in [-0.05, 0) is 42.5 Å². The van der Waals surface area contributed by atoms with Gasteiger partial charge in [0.15, 0.2) is 0 Å². The van der Waals surface area contributed by atoms with Crippen LogP contribution < -0.4 is 9.88 Å². The van der Waals surface area contributed by atoms with Crippen molar-refractivity contribution in [3.05, 3.63) is 59.7 Å². The number of sulfonamides is 1. The third-order valence-electron chi connectivity index (χ3n) is 2.89. The summed E-state index contributed by atoms with van der Waals surface area (Å²) in [6.07, 6.45) is 0. The summed E-state index contributed by atoms with van der Waals surface area (Å²) in [5.41, 5.74) is -0.552. The molecular formula is C15H13F2NO5S. The number of benzene rings is 2. The van der Waals surface area contributed by atoms with Crippen LogP contribution in [0.5, 0.6) is 5.75 Å². The minimum Gasteiger partial charge on any atom is -0.490 e. The number of nitrogens with two attached hydrogens (primary N) is 1. The number of carbonyl (C=O) groups is 1. The van der Waals surface area contributed by atoms with Crippen molar-refractivity contribution >= 4 is 16.0 Å². The van der Waals surface area contributed by atoms with Crippen molar-refractivity contribution in [2.24, 2.45) is 5.14 Å². The highest BCUT2D eigenvalue weighted by Crippen LogP contribution is 2.15. The van der Waals surface area contributed by atoms with E-state index in [0.717, 1.165) is 18.2 Å². The Bertz CT molecular complexity index is 837. The number of primary sulfonamides is 1. The fourth-order valence-corrected chi connectivity index (χ4v) is 2.28. The minimum atomic E-state index is -4.07. The lowest BCUT2D eigenvalue weighted by Crippen LogP contribution is -2.16. The molecule has 0 amide bonds. The third kappa shape index (κ3) is 4.74. The largest absolute Gasteiger partial charge is 0.490 e. The Labute approximate surface area is 136 Å². The number of rotatable bonds is 6. The topological polar surface area (TPSA) is 95.7 Å². The maximum absolute atomic E-state index is 13.6. The van der Waals surface area contributed by atoms with Gasteiger partial charge in [0.25, 0.3) is 0 Å². The fraction of sp³-hybridized carbons (Fsp3) is 0.133. The van der Waals surface area contributed by atoms with Crippen LogP contribution >= 0.6 is 0 Å². The Morgan fingerprint density at radius 2 is 1.71 bits per heavy atom. The van der Waals surface area contributed by atoms with Crippen molar-refractivity contribution in [1.29, 1.82) is 0 Å². The van der Waals surface area contributed by atoms with E-state index >= 15 is 0 Å². The fourth-order valence-electron chi connectivity index (χ4n) is 1.74. The molecule has 24 heavy (non-hydrogen) atoms. The van der Waals surface area contributed by atoms with Crippen LogP contribution in [0.25, 0.3) is 0 Å². The van der Waals surface area contributed by atoms with Gasteiger partial charge in [-0.15, -0.1) is 0 Å². The Balaban J connectivity index is 1.94. The van der Waals surface area contributed by atoms with Crippen molar-refractivity contribution in [3.8, 4) is 5.75 Å². The molecule has 0 aliphatic carbocycles. The second kappa shape index (κ2) is 7.37. The summed E-state index contributed by atoms with van der Waals surface area (Å²) in [6.45, 7) is -0.261. The van der Waals surface area contributed by atoms with Gasteiger partial charge < -0.3 is 9.47 Å². The zero-order valence-electron chi connectivity index (χ0n) is 12.2. The van der Waals surface area contributed by atoms with E-state index in [9.17, 15) is 22.0 Å². The van der Waals surface area contributed by atoms with Crippen LogP contribution in [0, 0.1) is 11.6 Å². The highest BCUT2D eigenvalue weighted by atomic mass is 32.2. The average molecular weight is 357 g/mol. The molecule has 2 rings (SSSR count). The van der Waals surface area contributed by atoms with Gasteiger partial charge in [-0.2, -0.15) is 0 Å². The molecule has 0 heterocycles. The third-order valence-corrected chi connectivity index (χ3v) is 3.80. The van der Waals surface area contributed by atoms with Crippen LogP contribution in [0.4, 0.5) is 8.78 Å². The Morgan fingerprint density at radius 3 is 2.33 bits per heavy atom. The molecule has 0 bridgehead atoms. The van der Waals surface area contributed by atoms with Crippen molar-refractivity contribution in [2.75, 3.05) is 13.2 Å². The van der Waals surface area contributed by atoms with E-state index in [1.807, 2.05) is 0 Å². The molecule has 6 nitrogen and oxygen atoms in total. The number of hydrogen-bond acceptors (Lipinski definition) is 5. The molecule has 2 N–H and O–H groups in total. The van der Waals surface area contributed by atoms with Gasteiger partial charge in [-0.25, -0.2) is 27.1 Å². The molecule has 9 heteroatoms. The summed E-state index contributed by atoms with van der Waals surface area (Å²) >= 11 is 0. The molecule has 2 aromatic rings. The smallest absolute Gasteiger partial charge is 0.341 e. The normalized spacial score (nSPS) is 11.1. The zero-order valence-corrected chi connectivity index (χ0v) is 13.1. The molecule has 0 aliphatic rings. The van der Waals surface area contributed by atoms with Crippen LogP contribution in [0.1, 0.15) is 10.4 Å². The molecule has 0 unspecified atom stereocenters. The van der Waals surface area contributed by atoms with Gasteiger partial charge in [-0.3, -0.25) is 0 Å². The summed E-state index contributed by atoms with van der Waals surface area (Å²) in [7, 11) is -4.07. The first kappa shape index (κ1) is 17.8. The van der Waals surface area contributed by atoms with E-state index in [1.54, 1.807) is 0 Å². The molecular weight excluding hydrogens is 344 g/mol. The molecule has 0 fully saturated rings. The summed E-state index contributed by atoms with van der Waals surface area (Å²) in [6, 6.07) is 7.75. The van der Waals surface area contributed by atoms with Crippen molar-refractivity contribution in [3.63, 3.8) is 0 Å². The van der Waals surface area contributed by atoms with E-state index < -0.39 is 38.1 Å². The van der Waals surface area contributed by atoms with Crippen LogP contribution in [-0.4, -0.2) is 27.6 Å². The lowest BCUT2D eigenvalue weighted by atomic mass is 10.2. The highest BCUT2D eigenvalue weighted by Gasteiger charge is 2.18. The van der Waals surface area contributed by atoms with E-state index in [1.165, 1.54) is 24.3 Å². The van der Waals surface area contributed by atoms with Crippen molar-refractivity contribution in [1.82, 2.24) is 0 Å². The first-order valence-electron chi connectivity index (χ1n) is 6.65. The van der Waals surface area contributed by atoms with Crippen LogP contribution in [0.15, 0.2) is 47.4 Å². The predicted octanol–water partition coefficient (Wildman–Crippen LogP) is 1.85. The van der Waals surface area contributed by atoms with Crippen molar-refractivity contribution in [2.45, 2.75) is 4.90 Å². The Hall–Kier alpha value is -2.52. The summed E-state index contributed by atoms with van der Waals surface area (Å²) in [5, 5.41) is 4.92. The standard InChI is InChI=1S/C15H13F2NO5S/c16-10-1-3-11(4-2-10)22-7-8-23-15(19)13-9-12(24(18,20)21)5-6-14(13)17/h1-6,9H,7-8H2,(H2,18,20,21). The lowest BCUT2D eigenvalue weighted by molar-refractivity contribution is 0.0445. The molecule has 2 aromatic carbocycles. The van der Waals surface area contributed by atoms with E-state index in [-0.39, 0.29) is 13.2 Å². The first-order chi connectivity index (χ1) is 11.3. The van der Waals surface area contributed by atoms with Crippen molar-refractivity contribution < 1.29 is 31.5 Å². The maximum atomic E-state index is 13.6. The number of esters is 1. The Kier molecular flexibility index (Phi) is 5.47. The molecule has 0 radical (unpaired) electrons. The van der Waals surface area contributed by atoms with Gasteiger partial charge in [-0.1, -0.05) is 0 Å². The van der Waals surface area contributed by atoms with Gasteiger partial charge >= 0.3 is 5.97 Å². The average Bonchev–Trinajstić information content (AvgIpc) is 2.52. The summed E-state index contributed by atoms with van der Waals surface area (Å²) in [4.78, 5) is 11.4. The van der Waals surface area contributed by atoms with Crippen LogP contribution in [-0.2, 0) is 14.8 Å². The monoisotopic (exact) mass is 357 g/mol. The summed E-state index contributed by atoms with van der Waals surface area (Å²) in [5.74, 6) is -2.04. The molecule has 0 aromatic heterocycles. The second-order valence-electron chi connectivity index (χ2n) is 4.62. The molecule has 0 spiro atoms. The van der Waals surface area contributed by atoms with Crippen LogP contribution in [0.2, 0.25) is 0 Å². The lowest BCUT2D eigenvalue weighted by Gasteiger charge is -2.08. The molecule has 0 saturated heterocycles. The zero-order chi connectivity index (χ0) is 17.7. The van der Waals surface area contributed by atoms with Gasteiger partial charge in [0.2, 0.25) is 10.0 Å². The predicted molar refractivity (Wildman–Crippen MR) is 80.0 cm³/mol. The highest BCUT2D eigenvalue weighted by molar-refractivity contribution is 7.89. The van der Waals surface area contributed by atoms with Gasteiger partial charge in [0, 0.05) is 0 Å². The van der Waals surface area contributed by atoms with Crippen LogP contribution in [0.3, 0.4) is 0 Å². The second-order valence-corrected chi connectivity index (χ2v) is 6.19. The summed E-state index contributed by atoms with van der Waals surface area (Å²) < 4.78 is 58.8. The van der Waals surface area contributed by atoms with Gasteiger partial charge in [0.05, 0.1) is 10.5 Å². The number of ether oxygens (including phenoxy) is 2. The van der Waals surface area contributed by atoms with E-state index in [2.05, 4.69) is 0 Å². The molecule has 0 atom stereocenters.